The van der Waals surface area contributed by atoms with Crippen LogP contribution in [-0.2, 0) is 0 Å². The van der Waals surface area contributed by atoms with Crippen molar-refractivity contribution in [3.8, 4) is 0 Å². The van der Waals surface area contributed by atoms with Crippen molar-refractivity contribution in [3.63, 3.8) is 0 Å². The molecule has 1 aliphatic rings. The van der Waals surface area contributed by atoms with E-state index < -0.39 is 5.41 Å². The first-order chi connectivity index (χ1) is 8.14. The van der Waals surface area contributed by atoms with Crippen LogP contribution in [0.25, 0.3) is 11.1 Å². The summed E-state index contributed by atoms with van der Waals surface area (Å²) >= 11 is 0. The van der Waals surface area contributed by atoms with Crippen molar-refractivity contribution in [2.45, 2.75) is 19.8 Å². The Kier molecular flexibility index (Phi) is 2.10. The Labute approximate surface area is 98.3 Å². The van der Waals surface area contributed by atoms with Crippen LogP contribution in [0.5, 0.6) is 0 Å². The van der Waals surface area contributed by atoms with Crippen LogP contribution < -0.4 is 0 Å². The van der Waals surface area contributed by atoms with Crippen molar-refractivity contribution in [1.29, 1.82) is 0 Å². The number of aliphatic hydroxyl groups is 1. The molecule has 0 amide bonds. The topological polar surface area (TPSA) is 63.3 Å². The Morgan fingerprint density at radius 2 is 2.29 bits per heavy atom. The van der Waals surface area contributed by atoms with E-state index in [1.807, 2.05) is 0 Å². The van der Waals surface area contributed by atoms with Crippen molar-refractivity contribution < 1.29 is 14.3 Å². The largest absolute Gasteiger partial charge is 0.441 e. The number of oxazole rings is 1. The third kappa shape index (κ3) is 1.56. The molecule has 4 heteroatoms. The van der Waals surface area contributed by atoms with E-state index >= 15 is 0 Å². The molecular weight excluding hydrogens is 218 g/mol. The maximum atomic E-state index is 12.2. The number of ketones is 1. The van der Waals surface area contributed by atoms with E-state index in [2.05, 4.69) is 4.98 Å². The maximum absolute atomic E-state index is 12.2. The first-order valence-electron chi connectivity index (χ1n) is 5.67. The number of aliphatic hydroxyl groups excluding tert-OH is 1. The fourth-order valence-electron chi connectivity index (χ4n) is 2.10. The molecule has 17 heavy (non-hydrogen) atoms. The van der Waals surface area contributed by atoms with Crippen LogP contribution in [0, 0.1) is 12.3 Å². The van der Waals surface area contributed by atoms with Crippen LogP contribution in [0.4, 0.5) is 0 Å². The number of carbonyl (C=O) groups excluding carboxylic acids is 1. The fraction of sp³-hybridized carbons (Fsp3) is 0.385. The summed E-state index contributed by atoms with van der Waals surface area (Å²) in [6, 6.07) is 5.24. The molecule has 0 atom stereocenters. The average Bonchev–Trinajstić information content (AvgIpc) is 3.03. The van der Waals surface area contributed by atoms with E-state index in [1.165, 1.54) is 0 Å². The SMILES string of the molecule is Cc1nc2cc(C(=O)C3(CO)CC3)ccc2o1. The fourth-order valence-corrected chi connectivity index (χ4v) is 2.10. The molecule has 1 aromatic heterocycles. The second kappa shape index (κ2) is 3.40. The monoisotopic (exact) mass is 231 g/mol. The minimum absolute atomic E-state index is 0.0163. The molecule has 0 spiro atoms. The highest BCUT2D eigenvalue weighted by Crippen LogP contribution is 2.47. The predicted molar refractivity (Wildman–Crippen MR) is 61.8 cm³/mol. The van der Waals surface area contributed by atoms with Gasteiger partial charge in [0.25, 0.3) is 0 Å². The van der Waals surface area contributed by atoms with Gasteiger partial charge < -0.3 is 9.52 Å². The number of carbonyl (C=O) groups is 1. The molecular formula is C13H13NO3. The lowest BCUT2D eigenvalue weighted by molar-refractivity contribution is 0.0830. The number of hydrogen-bond donors (Lipinski definition) is 1. The Morgan fingerprint density at radius 1 is 1.53 bits per heavy atom. The molecule has 88 valence electrons. The number of aryl methyl sites for hydroxylation is 1. The van der Waals surface area contributed by atoms with Gasteiger partial charge in [-0.15, -0.1) is 0 Å². The van der Waals surface area contributed by atoms with Crippen molar-refractivity contribution in [2.24, 2.45) is 5.41 Å². The lowest BCUT2D eigenvalue weighted by Crippen LogP contribution is -2.19. The van der Waals surface area contributed by atoms with Crippen LogP contribution in [0.1, 0.15) is 29.1 Å². The van der Waals surface area contributed by atoms with Crippen molar-refractivity contribution in [3.05, 3.63) is 29.7 Å². The summed E-state index contributed by atoms with van der Waals surface area (Å²) in [7, 11) is 0. The van der Waals surface area contributed by atoms with E-state index in [9.17, 15) is 9.90 Å². The molecule has 1 fully saturated rings. The highest BCUT2D eigenvalue weighted by atomic mass is 16.3. The van der Waals surface area contributed by atoms with Crippen LogP contribution >= 0.6 is 0 Å². The Morgan fingerprint density at radius 3 is 2.94 bits per heavy atom. The Hall–Kier alpha value is -1.68. The zero-order valence-electron chi connectivity index (χ0n) is 9.56. The highest BCUT2D eigenvalue weighted by molar-refractivity contribution is 6.04. The standard InChI is InChI=1S/C13H13NO3/c1-8-14-10-6-9(2-3-11(10)17-8)12(16)13(7-15)4-5-13/h2-3,6,15H,4-5,7H2,1H3. The molecule has 0 aliphatic heterocycles. The number of nitrogens with zero attached hydrogens (tertiary/aromatic N) is 1. The lowest BCUT2D eigenvalue weighted by atomic mass is 9.95. The number of fused-ring (bicyclic) bond motifs is 1. The zero-order chi connectivity index (χ0) is 12.0. The van der Waals surface area contributed by atoms with Crippen molar-refractivity contribution in [1.82, 2.24) is 4.98 Å². The number of hydrogen-bond acceptors (Lipinski definition) is 4. The minimum Gasteiger partial charge on any atom is -0.441 e. The van der Waals surface area contributed by atoms with E-state index in [0.717, 1.165) is 12.8 Å². The molecule has 0 radical (unpaired) electrons. The lowest BCUT2D eigenvalue weighted by Gasteiger charge is -2.09. The molecule has 2 aromatic rings. The molecule has 0 unspecified atom stereocenters. The highest BCUT2D eigenvalue weighted by Gasteiger charge is 2.49. The summed E-state index contributed by atoms with van der Waals surface area (Å²) in [5.41, 5.74) is 1.47. The van der Waals surface area contributed by atoms with Gasteiger partial charge in [-0.1, -0.05) is 0 Å². The second-order valence-electron chi connectivity index (χ2n) is 4.68. The van der Waals surface area contributed by atoms with E-state index in [-0.39, 0.29) is 12.4 Å². The molecule has 3 rings (SSSR count). The summed E-state index contributed by atoms with van der Waals surface area (Å²) < 4.78 is 5.36. The smallest absolute Gasteiger partial charge is 0.192 e. The van der Waals surface area contributed by atoms with Crippen molar-refractivity contribution >= 4 is 16.9 Å². The van der Waals surface area contributed by atoms with E-state index in [0.29, 0.717) is 22.6 Å². The molecule has 1 heterocycles. The van der Waals surface area contributed by atoms with Gasteiger partial charge in [-0.2, -0.15) is 0 Å². The zero-order valence-corrected chi connectivity index (χ0v) is 9.56. The molecule has 1 N–H and O–H groups in total. The number of rotatable bonds is 3. The van der Waals surface area contributed by atoms with E-state index in [1.54, 1.807) is 25.1 Å². The number of Topliss-reactive ketones (excluding diaryl/α,β-unsaturated/α-hetero) is 1. The molecule has 4 nitrogen and oxygen atoms in total. The van der Waals surface area contributed by atoms with Gasteiger partial charge >= 0.3 is 0 Å². The van der Waals surface area contributed by atoms with Crippen molar-refractivity contribution in [2.75, 3.05) is 6.61 Å². The van der Waals surface area contributed by atoms with Gasteiger partial charge in [0, 0.05) is 12.5 Å². The van der Waals surface area contributed by atoms with Gasteiger partial charge in [0.05, 0.1) is 12.0 Å². The third-order valence-electron chi connectivity index (χ3n) is 3.39. The summed E-state index contributed by atoms with van der Waals surface area (Å²) in [4.78, 5) is 16.4. The molecule has 0 bridgehead atoms. The normalized spacial score (nSPS) is 17.3. The average molecular weight is 231 g/mol. The van der Waals surface area contributed by atoms with Crippen LogP contribution in [0.15, 0.2) is 22.6 Å². The van der Waals surface area contributed by atoms with Gasteiger partial charge in [0.2, 0.25) is 0 Å². The molecule has 1 aliphatic carbocycles. The first kappa shape index (κ1) is 10.5. The van der Waals surface area contributed by atoms with Gasteiger partial charge in [-0.05, 0) is 31.0 Å². The Balaban J connectivity index is 2.03. The minimum atomic E-state index is -0.521. The maximum Gasteiger partial charge on any atom is 0.192 e. The predicted octanol–water partition coefficient (Wildman–Crippen LogP) is 2.09. The number of benzene rings is 1. The first-order valence-corrected chi connectivity index (χ1v) is 5.67. The molecule has 0 saturated heterocycles. The molecule has 1 aromatic carbocycles. The van der Waals surface area contributed by atoms with Gasteiger partial charge in [0.1, 0.15) is 5.52 Å². The van der Waals surface area contributed by atoms with Crippen LogP contribution in [0.3, 0.4) is 0 Å². The summed E-state index contributed by atoms with van der Waals surface area (Å²) in [6.07, 6.45) is 1.55. The van der Waals surface area contributed by atoms with Gasteiger partial charge in [-0.25, -0.2) is 4.98 Å². The summed E-state index contributed by atoms with van der Waals surface area (Å²) in [5.74, 6) is 0.607. The van der Waals surface area contributed by atoms with E-state index in [4.69, 9.17) is 4.42 Å². The quantitative estimate of drug-likeness (QED) is 0.821. The summed E-state index contributed by atoms with van der Waals surface area (Å²) in [6.45, 7) is 1.71. The number of aromatic nitrogens is 1. The van der Waals surface area contributed by atoms with Crippen LogP contribution in [-0.4, -0.2) is 22.5 Å². The Bertz CT molecular complexity index is 596. The molecule has 1 saturated carbocycles. The second-order valence-corrected chi connectivity index (χ2v) is 4.68. The van der Waals surface area contributed by atoms with Gasteiger partial charge in [-0.3, -0.25) is 4.79 Å². The summed E-state index contributed by atoms with van der Waals surface area (Å²) in [5, 5.41) is 9.25. The van der Waals surface area contributed by atoms with Gasteiger partial charge in [0.15, 0.2) is 17.3 Å². The third-order valence-corrected chi connectivity index (χ3v) is 3.39. The van der Waals surface area contributed by atoms with Crippen LogP contribution in [0.2, 0.25) is 0 Å².